The molecule has 1 aromatic carbocycles. The van der Waals surface area contributed by atoms with Crippen molar-refractivity contribution in [3.05, 3.63) is 41.2 Å². The molecule has 1 atom stereocenters. The first-order chi connectivity index (χ1) is 9.11. The van der Waals surface area contributed by atoms with Gasteiger partial charge in [0, 0.05) is 18.8 Å². The number of nitrogens with zero attached hydrogens (tertiary/aromatic N) is 3. The summed E-state index contributed by atoms with van der Waals surface area (Å²) in [7, 11) is 3.99. The molecule has 0 aliphatic heterocycles. The Bertz CT molecular complexity index is 533. The molecule has 1 unspecified atom stereocenters. The lowest BCUT2D eigenvalue weighted by Crippen LogP contribution is -2.18. The average Bonchev–Trinajstić information content (AvgIpc) is 2.73. The van der Waals surface area contributed by atoms with Gasteiger partial charge in [0.15, 0.2) is 5.16 Å². The Hall–Kier alpha value is -1.33. The third kappa shape index (κ3) is 3.36. The average molecular weight is 276 g/mol. The minimum absolute atomic E-state index is 0.322. The van der Waals surface area contributed by atoms with Crippen molar-refractivity contribution < 1.29 is 0 Å². The Kier molecular flexibility index (Phi) is 4.61. The first kappa shape index (κ1) is 14.1. The molecule has 0 fully saturated rings. The second-order valence-corrected chi connectivity index (χ2v) is 5.64. The van der Waals surface area contributed by atoms with Crippen molar-refractivity contribution in [2.75, 3.05) is 12.8 Å². The maximum atomic E-state index is 4.18. The highest BCUT2D eigenvalue weighted by Crippen LogP contribution is 2.23. The lowest BCUT2D eigenvalue weighted by Gasteiger charge is -2.16. The van der Waals surface area contributed by atoms with Crippen LogP contribution in [0.1, 0.15) is 23.0 Å². The molecule has 5 heteroatoms. The van der Waals surface area contributed by atoms with E-state index in [2.05, 4.69) is 46.7 Å². The molecule has 102 valence electrons. The molecule has 1 heterocycles. The van der Waals surface area contributed by atoms with Gasteiger partial charge in [-0.3, -0.25) is 0 Å². The third-order valence-corrected chi connectivity index (χ3v) is 4.37. The second kappa shape index (κ2) is 6.21. The Morgan fingerprint density at radius 3 is 2.42 bits per heavy atom. The molecule has 0 radical (unpaired) electrons. The number of nitrogens with one attached hydrogen (secondary N) is 1. The van der Waals surface area contributed by atoms with Gasteiger partial charge in [-0.1, -0.05) is 41.6 Å². The van der Waals surface area contributed by atoms with Gasteiger partial charge in [-0.05, 0) is 26.5 Å². The summed E-state index contributed by atoms with van der Waals surface area (Å²) in [6, 6.07) is 8.98. The fraction of sp³-hybridized carbons (Fsp3) is 0.429. The molecule has 0 spiro atoms. The van der Waals surface area contributed by atoms with Crippen LogP contribution in [0.25, 0.3) is 0 Å². The van der Waals surface area contributed by atoms with Crippen LogP contribution < -0.4 is 5.32 Å². The molecule has 1 N–H and O–H groups in total. The van der Waals surface area contributed by atoms with Crippen LogP contribution in [-0.4, -0.2) is 27.6 Å². The molecule has 0 amide bonds. The van der Waals surface area contributed by atoms with Gasteiger partial charge in [0.1, 0.15) is 5.82 Å². The molecular formula is C14H20N4S. The lowest BCUT2D eigenvalue weighted by atomic mass is 10.1. The van der Waals surface area contributed by atoms with E-state index < -0.39 is 0 Å². The zero-order valence-electron chi connectivity index (χ0n) is 11.8. The molecule has 2 aromatic rings. The fourth-order valence-electron chi connectivity index (χ4n) is 1.82. The van der Waals surface area contributed by atoms with Gasteiger partial charge in [0.25, 0.3) is 0 Å². The molecule has 0 saturated heterocycles. The quantitative estimate of drug-likeness (QED) is 0.852. The van der Waals surface area contributed by atoms with Crippen molar-refractivity contribution in [3.63, 3.8) is 0 Å². The Morgan fingerprint density at radius 2 is 1.89 bits per heavy atom. The topological polar surface area (TPSA) is 42.7 Å². The van der Waals surface area contributed by atoms with Crippen LogP contribution in [0, 0.1) is 13.8 Å². The fourth-order valence-corrected chi connectivity index (χ4v) is 2.92. The molecule has 0 saturated carbocycles. The summed E-state index contributed by atoms with van der Waals surface area (Å²) in [6.07, 6.45) is 0. The molecule has 19 heavy (non-hydrogen) atoms. The zero-order chi connectivity index (χ0) is 13.8. The summed E-state index contributed by atoms with van der Waals surface area (Å²) < 4.78 is 2.02. The second-order valence-electron chi connectivity index (χ2n) is 4.65. The van der Waals surface area contributed by atoms with Gasteiger partial charge >= 0.3 is 0 Å². The highest BCUT2D eigenvalue weighted by molar-refractivity contribution is 7.99. The minimum atomic E-state index is 0.322. The number of aryl methyl sites for hydroxylation is 2. The van der Waals surface area contributed by atoms with E-state index >= 15 is 0 Å². The van der Waals surface area contributed by atoms with Crippen LogP contribution in [-0.2, 0) is 7.05 Å². The van der Waals surface area contributed by atoms with Crippen molar-refractivity contribution >= 4 is 11.8 Å². The van der Waals surface area contributed by atoms with Crippen LogP contribution >= 0.6 is 11.8 Å². The molecule has 0 bridgehead atoms. The predicted molar refractivity (Wildman–Crippen MR) is 79.4 cm³/mol. The largest absolute Gasteiger partial charge is 0.312 e. The van der Waals surface area contributed by atoms with Crippen molar-refractivity contribution in [2.45, 2.75) is 25.0 Å². The van der Waals surface area contributed by atoms with Crippen molar-refractivity contribution in [1.82, 2.24) is 20.1 Å². The summed E-state index contributed by atoms with van der Waals surface area (Å²) >= 11 is 1.73. The molecule has 0 aliphatic carbocycles. The van der Waals surface area contributed by atoms with E-state index in [0.29, 0.717) is 6.04 Å². The summed E-state index contributed by atoms with van der Waals surface area (Å²) in [5.41, 5.74) is 2.59. The standard InChI is InChI=1S/C14H20N4S/c1-10-5-7-12(8-6-10)13(15-3)9-19-14-17-16-11(2)18(14)4/h5-8,13,15H,9H2,1-4H3. The molecule has 4 nitrogen and oxygen atoms in total. The number of benzene rings is 1. The SMILES string of the molecule is CNC(CSc1nnc(C)n1C)c1ccc(C)cc1. The maximum absolute atomic E-state index is 4.18. The Balaban J connectivity index is 2.03. The molecule has 1 aromatic heterocycles. The molecule has 2 rings (SSSR count). The number of thioether (sulfide) groups is 1. The number of hydrogen-bond acceptors (Lipinski definition) is 4. The highest BCUT2D eigenvalue weighted by Gasteiger charge is 2.12. The zero-order valence-corrected chi connectivity index (χ0v) is 12.7. The van der Waals surface area contributed by atoms with Gasteiger partial charge in [-0.25, -0.2) is 0 Å². The number of aromatic nitrogens is 3. The smallest absolute Gasteiger partial charge is 0.191 e. The van der Waals surface area contributed by atoms with Crippen LogP contribution in [0.15, 0.2) is 29.4 Å². The molecule has 0 aliphatic rings. The van der Waals surface area contributed by atoms with Gasteiger partial charge in [0.05, 0.1) is 0 Å². The number of rotatable bonds is 5. The number of hydrogen-bond donors (Lipinski definition) is 1. The van der Waals surface area contributed by atoms with Crippen molar-refractivity contribution in [3.8, 4) is 0 Å². The van der Waals surface area contributed by atoms with Gasteiger partial charge < -0.3 is 9.88 Å². The van der Waals surface area contributed by atoms with Crippen LogP contribution in [0.4, 0.5) is 0 Å². The van der Waals surface area contributed by atoms with Gasteiger partial charge in [-0.15, -0.1) is 10.2 Å². The van der Waals surface area contributed by atoms with Crippen LogP contribution in [0.3, 0.4) is 0 Å². The molecular weight excluding hydrogens is 256 g/mol. The lowest BCUT2D eigenvalue weighted by molar-refractivity contribution is 0.658. The van der Waals surface area contributed by atoms with Gasteiger partial charge in [0.2, 0.25) is 0 Å². The van der Waals surface area contributed by atoms with E-state index in [1.54, 1.807) is 11.8 Å². The van der Waals surface area contributed by atoms with Crippen LogP contribution in [0.5, 0.6) is 0 Å². The van der Waals surface area contributed by atoms with E-state index in [1.807, 2.05) is 25.6 Å². The summed E-state index contributed by atoms with van der Waals surface area (Å²) in [6.45, 7) is 4.07. The van der Waals surface area contributed by atoms with E-state index in [0.717, 1.165) is 16.7 Å². The van der Waals surface area contributed by atoms with Crippen LogP contribution in [0.2, 0.25) is 0 Å². The van der Waals surface area contributed by atoms with E-state index in [1.165, 1.54) is 11.1 Å². The first-order valence-corrected chi connectivity index (χ1v) is 7.33. The Morgan fingerprint density at radius 1 is 1.21 bits per heavy atom. The van der Waals surface area contributed by atoms with Gasteiger partial charge in [-0.2, -0.15) is 0 Å². The first-order valence-electron chi connectivity index (χ1n) is 6.34. The summed E-state index contributed by atoms with van der Waals surface area (Å²) in [4.78, 5) is 0. The summed E-state index contributed by atoms with van der Waals surface area (Å²) in [5.74, 6) is 1.88. The third-order valence-electron chi connectivity index (χ3n) is 3.26. The monoisotopic (exact) mass is 276 g/mol. The maximum Gasteiger partial charge on any atom is 0.191 e. The highest BCUT2D eigenvalue weighted by atomic mass is 32.2. The van der Waals surface area contributed by atoms with E-state index in [-0.39, 0.29) is 0 Å². The van der Waals surface area contributed by atoms with Crippen molar-refractivity contribution in [1.29, 1.82) is 0 Å². The predicted octanol–water partition coefficient (Wildman–Crippen LogP) is 2.48. The minimum Gasteiger partial charge on any atom is -0.312 e. The van der Waals surface area contributed by atoms with E-state index in [4.69, 9.17) is 0 Å². The van der Waals surface area contributed by atoms with E-state index in [9.17, 15) is 0 Å². The Labute approximate surface area is 118 Å². The van der Waals surface area contributed by atoms with Crippen molar-refractivity contribution in [2.24, 2.45) is 7.05 Å². The summed E-state index contributed by atoms with van der Waals surface area (Å²) in [5, 5.41) is 12.6. The normalized spacial score (nSPS) is 12.6.